The van der Waals surface area contributed by atoms with Crippen molar-refractivity contribution >= 4 is 25.3 Å². The molecule has 25 heavy (non-hydrogen) atoms. The van der Waals surface area contributed by atoms with E-state index < -0.39 is 29.6 Å². The van der Waals surface area contributed by atoms with E-state index in [9.17, 15) is 14.4 Å². The van der Waals surface area contributed by atoms with Gasteiger partial charge in [0.1, 0.15) is 12.1 Å². The molecule has 0 rings (SSSR count). The molecule has 0 aromatic carbocycles. The number of hydrogen-bond donors (Lipinski definition) is 4. The molecule has 0 aliphatic heterocycles. The molecule has 0 unspecified atom stereocenters. The molecule has 9 heteroatoms. The number of rotatable bonds is 12. The summed E-state index contributed by atoms with van der Waals surface area (Å²) in [4.78, 5) is 35.3. The van der Waals surface area contributed by atoms with Crippen molar-refractivity contribution in [3.63, 3.8) is 0 Å². The third-order valence-corrected chi connectivity index (χ3v) is 3.73. The summed E-state index contributed by atoms with van der Waals surface area (Å²) in [5, 5.41) is 14.2. The van der Waals surface area contributed by atoms with Gasteiger partial charge in [-0.2, -0.15) is 5.48 Å². The van der Waals surface area contributed by atoms with Crippen molar-refractivity contribution in [2.24, 2.45) is 5.92 Å². The van der Waals surface area contributed by atoms with E-state index in [-0.39, 0.29) is 12.5 Å². The Morgan fingerprint density at radius 1 is 1.08 bits per heavy atom. The van der Waals surface area contributed by atoms with Crippen LogP contribution in [0.5, 0.6) is 0 Å². The van der Waals surface area contributed by atoms with E-state index in [1.165, 1.54) is 0 Å². The second kappa shape index (κ2) is 11.2. The number of unbranched alkanes of at least 4 members (excludes halogenated alkanes) is 1. The van der Waals surface area contributed by atoms with E-state index in [1.54, 1.807) is 13.8 Å². The first-order valence-corrected chi connectivity index (χ1v) is 8.54. The van der Waals surface area contributed by atoms with Gasteiger partial charge in [-0.15, -0.1) is 0 Å². The van der Waals surface area contributed by atoms with Gasteiger partial charge in [-0.3, -0.25) is 9.59 Å². The fourth-order valence-corrected chi connectivity index (χ4v) is 2.27. The van der Waals surface area contributed by atoms with Gasteiger partial charge in [0.2, 0.25) is 11.8 Å². The highest BCUT2D eigenvalue weighted by atomic mass is 16.5. The Labute approximate surface area is 151 Å². The highest BCUT2D eigenvalue weighted by Crippen LogP contribution is 2.07. The Morgan fingerprint density at radius 3 is 2.12 bits per heavy atom. The number of hydrogen-bond acceptors (Lipinski definition) is 5. The Balaban J connectivity index is 4.79. The van der Waals surface area contributed by atoms with Crippen LogP contribution < -0.4 is 16.1 Å². The van der Waals surface area contributed by atoms with Gasteiger partial charge in [-0.05, 0) is 25.2 Å². The summed E-state index contributed by atoms with van der Waals surface area (Å²) in [5.41, 5.74) is 1.31. The van der Waals surface area contributed by atoms with E-state index in [1.807, 2.05) is 5.48 Å². The van der Waals surface area contributed by atoms with E-state index in [2.05, 4.69) is 31.8 Å². The molecule has 0 saturated heterocycles. The van der Waals surface area contributed by atoms with Crippen LogP contribution in [0.4, 0.5) is 0 Å². The zero-order valence-corrected chi connectivity index (χ0v) is 16.0. The van der Waals surface area contributed by atoms with Crippen LogP contribution in [-0.2, 0) is 14.4 Å². The quantitative estimate of drug-likeness (QED) is 0.158. The van der Waals surface area contributed by atoms with E-state index in [4.69, 9.17) is 13.1 Å². The molecule has 0 bridgehead atoms. The average Bonchev–Trinajstić information content (AvgIpc) is 2.47. The minimum atomic E-state index is -0.822. The van der Waals surface area contributed by atoms with E-state index in [0.717, 1.165) is 23.9 Å². The maximum atomic E-state index is 12.3. The molecular weight excluding hydrogens is 323 g/mol. The third-order valence-electron chi connectivity index (χ3n) is 3.73. The summed E-state index contributed by atoms with van der Waals surface area (Å²) in [7, 11) is 11.3. The number of nitrogens with zero attached hydrogens (tertiary/aromatic N) is 1. The van der Waals surface area contributed by atoms with Gasteiger partial charge in [-0.1, -0.05) is 13.8 Å². The summed E-state index contributed by atoms with van der Waals surface area (Å²) in [6.45, 7) is 4.21. The van der Waals surface area contributed by atoms with Crippen molar-refractivity contribution in [2.75, 3.05) is 34.2 Å². The Morgan fingerprint density at radius 2 is 1.68 bits per heavy atom. The van der Waals surface area contributed by atoms with Crippen molar-refractivity contribution in [3.8, 4) is 0 Å². The SMILES string of the molecule is [B]C(=O)CNC(=O)[C@H](CCCC[N+](C)(C)C)NC(=O)[C@@H](NO)C(C)C. The second-order valence-corrected chi connectivity index (χ2v) is 7.61. The van der Waals surface area contributed by atoms with Crippen LogP contribution in [0.3, 0.4) is 0 Å². The van der Waals surface area contributed by atoms with Crippen molar-refractivity contribution in [1.29, 1.82) is 0 Å². The van der Waals surface area contributed by atoms with Crippen LogP contribution in [0.25, 0.3) is 0 Å². The zero-order valence-electron chi connectivity index (χ0n) is 16.0. The molecule has 2 radical (unpaired) electrons. The topological polar surface area (TPSA) is 108 Å². The molecule has 0 aromatic heterocycles. The first kappa shape index (κ1) is 23.6. The molecule has 4 N–H and O–H groups in total. The molecule has 0 saturated carbocycles. The molecule has 0 fully saturated rings. The first-order chi connectivity index (χ1) is 11.5. The van der Waals surface area contributed by atoms with Crippen molar-refractivity contribution < 1.29 is 24.1 Å². The zero-order chi connectivity index (χ0) is 19.6. The monoisotopic (exact) mass is 355 g/mol. The highest BCUT2D eigenvalue weighted by molar-refractivity contribution is 6.58. The standard InChI is InChI=1S/C16H31BN4O4/c1-11(2)14(20-25)16(24)19-12(15(23)18-10-13(17)22)8-6-7-9-21(3,4)5/h11-12,14,20,25H,6-10H2,1-5H3,(H-,18,19,23,24)/p+1/t12-,14-/m0/s1. The molecular formula is C16H32BN4O4+. The summed E-state index contributed by atoms with van der Waals surface area (Å²) < 4.78 is 0.814. The van der Waals surface area contributed by atoms with Crippen molar-refractivity contribution in [2.45, 2.75) is 45.2 Å². The average molecular weight is 355 g/mol. The second-order valence-electron chi connectivity index (χ2n) is 7.61. The van der Waals surface area contributed by atoms with Gasteiger partial charge in [-0.25, -0.2) is 0 Å². The fourth-order valence-electron chi connectivity index (χ4n) is 2.27. The van der Waals surface area contributed by atoms with Crippen LogP contribution in [0, 0.1) is 5.92 Å². The van der Waals surface area contributed by atoms with E-state index in [0.29, 0.717) is 6.42 Å². The van der Waals surface area contributed by atoms with Crippen LogP contribution in [-0.4, -0.2) is 81.3 Å². The maximum Gasteiger partial charge on any atom is 0.242 e. The first-order valence-electron chi connectivity index (χ1n) is 8.54. The van der Waals surface area contributed by atoms with Crippen molar-refractivity contribution in [3.05, 3.63) is 0 Å². The minimum absolute atomic E-state index is 0.155. The lowest BCUT2D eigenvalue weighted by Crippen LogP contribution is -2.54. The molecule has 0 aliphatic carbocycles. The number of amides is 2. The lowest BCUT2D eigenvalue weighted by molar-refractivity contribution is -0.870. The summed E-state index contributed by atoms with van der Waals surface area (Å²) in [6, 6.07) is -1.60. The van der Waals surface area contributed by atoms with Crippen LogP contribution >= 0.6 is 0 Å². The normalized spacial score (nSPS) is 14.0. The number of hydroxylamine groups is 1. The van der Waals surface area contributed by atoms with Gasteiger partial charge < -0.3 is 25.1 Å². The van der Waals surface area contributed by atoms with Gasteiger partial charge in [0.15, 0.2) is 7.85 Å². The smallest absolute Gasteiger partial charge is 0.242 e. The lowest BCUT2D eigenvalue weighted by Gasteiger charge is -2.25. The van der Waals surface area contributed by atoms with Gasteiger partial charge >= 0.3 is 0 Å². The predicted octanol–water partition coefficient (Wildman–Crippen LogP) is -0.838. The minimum Gasteiger partial charge on any atom is -0.348 e. The third kappa shape index (κ3) is 10.9. The molecule has 0 aromatic rings. The van der Waals surface area contributed by atoms with Crippen LogP contribution in [0.1, 0.15) is 33.1 Å². The Bertz CT molecular complexity index is 452. The summed E-state index contributed by atoms with van der Waals surface area (Å²) in [6.07, 6.45) is 2.07. The number of nitrogens with one attached hydrogen (secondary N) is 3. The fraction of sp³-hybridized carbons (Fsp3) is 0.812. The lowest BCUT2D eigenvalue weighted by atomic mass is 10.0. The predicted molar refractivity (Wildman–Crippen MR) is 96.0 cm³/mol. The molecule has 2 amide bonds. The molecule has 0 heterocycles. The van der Waals surface area contributed by atoms with Gasteiger partial charge in [0, 0.05) is 0 Å². The number of quaternary nitrogens is 1. The number of carbonyl (C=O) groups is 3. The van der Waals surface area contributed by atoms with Crippen LogP contribution in [0.15, 0.2) is 0 Å². The van der Waals surface area contributed by atoms with Crippen molar-refractivity contribution in [1.82, 2.24) is 16.1 Å². The van der Waals surface area contributed by atoms with E-state index >= 15 is 0 Å². The summed E-state index contributed by atoms with van der Waals surface area (Å²) >= 11 is 0. The largest absolute Gasteiger partial charge is 0.348 e. The summed E-state index contributed by atoms with van der Waals surface area (Å²) in [5.74, 6) is -1.08. The Kier molecular flexibility index (Phi) is 10.6. The maximum absolute atomic E-state index is 12.3. The molecule has 0 spiro atoms. The molecule has 142 valence electrons. The Hall–Kier alpha value is -1.45. The number of carbonyl (C=O) groups excluding carboxylic acids is 3. The molecule has 8 nitrogen and oxygen atoms in total. The highest BCUT2D eigenvalue weighted by Gasteiger charge is 2.27. The molecule has 0 aliphatic rings. The van der Waals surface area contributed by atoms with Gasteiger partial charge in [0.05, 0.1) is 39.9 Å². The molecule has 2 atom stereocenters. The van der Waals surface area contributed by atoms with Crippen LogP contribution in [0.2, 0.25) is 0 Å². The van der Waals surface area contributed by atoms with Gasteiger partial charge in [0.25, 0.3) is 0 Å².